The SMILES string of the molecule is CCOC(=O)c1cccc(N2C(=O)C(Cl)=C(Nc3cccc(C(=O)Nc4nc(C)cs4)c3)C2=O)c1. The maximum Gasteiger partial charge on any atom is 0.338 e. The van der Waals surface area contributed by atoms with Crippen molar-refractivity contribution in [1.82, 2.24) is 4.98 Å². The average molecular weight is 511 g/mol. The molecule has 35 heavy (non-hydrogen) atoms. The molecule has 2 N–H and O–H groups in total. The molecular weight excluding hydrogens is 492 g/mol. The van der Waals surface area contributed by atoms with Crippen molar-refractivity contribution in [3.05, 3.63) is 81.5 Å². The minimum atomic E-state index is -0.742. The molecule has 0 fully saturated rings. The number of carbonyl (C=O) groups excluding carboxylic acids is 4. The summed E-state index contributed by atoms with van der Waals surface area (Å²) in [6, 6.07) is 12.3. The molecule has 0 unspecified atom stereocenters. The third-order valence-corrected chi connectivity index (χ3v) is 6.10. The minimum absolute atomic E-state index is 0.147. The normalized spacial score (nSPS) is 13.3. The highest BCUT2D eigenvalue weighted by Crippen LogP contribution is 2.31. The van der Waals surface area contributed by atoms with Gasteiger partial charge in [0, 0.05) is 16.6 Å². The number of hydrogen-bond donors (Lipinski definition) is 2. The van der Waals surface area contributed by atoms with Crippen LogP contribution in [-0.4, -0.2) is 35.3 Å². The second-order valence-electron chi connectivity index (χ2n) is 7.36. The quantitative estimate of drug-likeness (QED) is 0.359. The molecule has 1 aliphatic rings. The number of anilines is 3. The summed E-state index contributed by atoms with van der Waals surface area (Å²) < 4.78 is 4.98. The lowest BCUT2D eigenvalue weighted by molar-refractivity contribution is -0.120. The molecule has 1 aromatic heterocycles. The van der Waals surface area contributed by atoms with Crippen LogP contribution in [0.1, 0.15) is 33.3 Å². The standard InChI is InChI=1S/C24H19ClN4O5S/c1-3-34-23(33)15-7-5-9-17(11-15)29-21(31)18(25)19(22(29)32)27-16-8-4-6-14(10-16)20(30)28-24-26-13(2)12-35-24/h4-12,27H,3H2,1-2H3,(H,26,28,30). The molecule has 0 radical (unpaired) electrons. The first kappa shape index (κ1) is 24.1. The van der Waals surface area contributed by atoms with Crippen molar-refractivity contribution < 1.29 is 23.9 Å². The third kappa shape index (κ3) is 5.08. The van der Waals surface area contributed by atoms with Crippen molar-refractivity contribution in [2.24, 2.45) is 0 Å². The predicted molar refractivity (Wildman–Crippen MR) is 133 cm³/mol. The van der Waals surface area contributed by atoms with Gasteiger partial charge in [-0.25, -0.2) is 14.7 Å². The Morgan fingerprint density at radius 3 is 2.54 bits per heavy atom. The van der Waals surface area contributed by atoms with E-state index in [1.54, 1.807) is 25.1 Å². The van der Waals surface area contributed by atoms with E-state index in [1.807, 2.05) is 12.3 Å². The number of hydrogen-bond acceptors (Lipinski definition) is 8. The Bertz CT molecular complexity index is 1380. The van der Waals surface area contributed by atoms with Gasteiger partial charge < -0.3 is 10.1 Å². The Labute approximate surface area is 209 Å². The van der Waals surface area contributed by atoms with E-state index in [0.29, 0.717) is 16.4 Å². The predicted octanol–water partition coefficient (Wildman–Crippen LogP) is 4.32. The molecule has 3 amide bonds. The highest BCUT2D eigenvalue weighted by atomic mass is 35.5. The molecule has 1 aliphatic heterocycles. The minimum Gasteiger partial charge on any atom is -0.462 e. The summed E-state index contributed by atoms with van der Waals surface area (Å²) in [6.45, 7) is 3.69. The summed E-state index contributed by atoms with van der Waals surface area (Å²) in [4.78, 5) is 55.6. The van der Waals surface area contributed by atoms with Gasteiger partial charge in [0.2, 0.25) is 0 Å². The molecule has 9 nitrogen and oxygen atoms in total. The molecule has 178 valence electrons. The number of nitrogens with zero attached hydrogens (tertiary/aromatic N) is 2. The molecule has 11 heteroatoms. The number of aryl methyl sites for hydroxylation is 1. The van der Waals surface area contributed by atoms with E-state index in [1.165, 1.54) is 41.7 Å². The molecule has 2 aromatic carbocycles. The lowest BCUT2D eigenvalue weighted by atomic mass is 10.2. The Balaban J connectivity index is 1.54. The van der Waals surface area contributed by atoms with Gasteiger partial charge in [0.25, 0.3) is 17.7 Å². The fourth-order valence-electron chi connectivity index (χ4n) is 3.30. The molecular formula is C24H19ClN4O5S. The number of nitrogens with one attached hydrogen (secondary N) is 2. The van der Waals surface area contributed by atoms with Crippen LogP contribution in [0.15, 0.2) is 64.6 Å². The smallest absolute Gasteiger partial charge is 0.338 e. The van der Waals surface area contributed by atoms with Gasteiger partial charge in [-0.3, -0.25) is 19.7 Å². The zero-order valence-electron chi connectivity index (χ0n) is 18.6. The van der Waals surface area contributed by atoms with Crippen molar-refractivity contribution in [3.63, 3.8) is 0 Å². The van der Waals surface area contributed by atoms with Crippen molar-refractivity contribution in [1.29, 1.82) is 0 Å². The highest BCUT2D eigenvalue weighted by molar-refractivity contribution is 7.13. The second-order valence-corrected chi connectivity index (χ2v) is 8.60. The van der Waals surface area contributed by atoms with Gasteiger partial charge in [-0.05, 0) is 50.2 Å². The molecule has 0 aliphatic carbocycles. The van der Waals surface area contributed by atoms with Crippen molar-refractivity contribution >= 4 is 63.1 Å². The summed E-state index contributed by atoms with van der Waals surface area (Å²) in [6.07, 6.45) is 0. The number of aromatic nitrogens is 1. The Morgan fingerprint density at radius 1 is 1.09 bits per heavy atom. The summed E-state index contributed by atoms with van der Waals surface area (Å²) in [5.74, 6) is -2.40. The number of thiazole rings is 1. The van der Waals surface area contributed by atoms with Crippen LogP contribution in [0, 0.1) is 6.92 Å². The van der Waals surface area contributed by atoms with Crippen LogP contribution >= 0.6 is 22.9 Å². The largest absolute Gasteiger partial charge is 0.462 e. The van der Waals surface area contributed by atoms with Crippen LogP contribution in [0.5, 0.6) is 0 Å². The van der Waals surface area contributed by atoms with Gasteiger partial charge in [-0.2, -0.15) is 0 Å². The number of halogens is 1. The summed E-state index contributed by atoms with van der Waals surface area (Å²) in [5, 5.41) is 7.52. The van der Waals surface area contributed by atoms with E-state index < -0.39 is 17.8 Å². The van der Waals surface area contributed by atoms with Crippen LogP contribution < -0.4 is 15.5 Å². The monoisotopic (exact) mass is 510 g/mol. The van der Waals surface area contributed by atoms with Crippen molar-refractivity contribution in [2.75, 3.05) is 22.1 Å². The van der Waals surface area contributed by atoms with Crippen molar-refractivity contribution in [2.45, 2.75) is 13.8 Å². The number of benzene rings is 2. The molecule has 4 rings (SSSR count). The molecule has 2 heterocycles. The zero-order chi connectivity index (χ0) is 25.1. The molecule has 3 aromatic rings. The Hall–Kier alpha value is -4.02. The summed E-state index contributed by atoms with van der Waals surface area (Å²) in [7, 11) is 0. The molecule has 0 bridgehead atoms. The van der Waals surface area contributed by atoms with Crippen LogP contribution in [0.25, 0.3) is 0 Å². The Morgan fingerprint density at radius 2 is 1.83 bits per heavy atom. The van der Waals surface area contributed by atoms with Gasteiger partial charge in [0.05, 0.1) is 23.6 Å². The molecule has 0 atom stereocenters. The van der Waals surface area contributed by atoms with Gasteiger partial charge in [0.15, 0.2) is 5.13 Å². The van der Waals surface area contributed by atoms with Gasteiger partial charge in [0.1, 0.15) is 10.7 Å². The second kappa shape index (κ2) is 10.1. The average Bonchev–Trinajstić information content (AvgIpc) is 3.35. The lowest BCUT2D eigenvalue weighted by Gasteiger charge is -2.16. The maximum absolute atomic E-state index is 13.1. The summed E-state index contributed by atoms with van der Waals surface area (Å²) >= 11 is 7.52. The van der Waals surface area contributed by atoms with E-state index in [9.17, 15) is 19.2 Å². The highest BCUT2D eigenvalue weighted by Gasteiger charge is 2.39. The fraction of sp³-hybridized carbons (Fsp3) is 0.125. The third-order valence-electron chi connectivity index (χ3n) is 4.88. The Kier molecular flexibility index (Phi) is 6.94. The first-order chi connectivity index (χ1) is 16.8. The van der Waals surface area contributed by atoms with Crippen LogP contribution in [0.3, 0.4) is 0 Å². The maximum atomic E-state index is 13.1. The molecule has 0 saturated heterocycles. The number of esters is 1. The van der Waals surface area contributed by atoms with E-state index in [2.05, 4.69) is 15.6 Å². The van der Waals surface area contributed by atoms with Gasteiger partial charge in [-0.1, -0.05) is 23.7 Å². The van der Waals surface area contributed by atoms with Crippen LogP contribution in [0.2, 0.25) is 0 Å². The molecule has 0 saturated carbocycles. The van der Waals surface area contributed by atoms with Gasteiger partial charge in [-0.15, -0.1) is 11.3 Å². The fourth-order valence-corrected chi connectivity index (χ4v) is 4.19. The molecule has 0 spiro atoms. The first-order valence-corrected chi connectivity index (χ1v) is 11.7. The number of carbonyl (C=O) groups is 4. The van der Waals surface area contributed by atoms with Crippen LogP contribution in [0.4, 0.5) is 16.5 Å². The zero-order valence-corrected chi connectivity index (χ0v) is 20.2. The van der Waals surface area contributed by atoms with E-state index >= 15 is 0 Å². The van der Waals surface area contributed by atoms with E-state index in [-0.39, 0.29) is 34.5 Å². The van der Waals surface area contributed by atoms with E-state index in [4.69, 9.17) is 16.3 Å². The number of ether oxygens (including phenoxy) is 1. The van der Waals surface area contributed by atoms with Gasteiger partial charge >= 0.3 is 5.97 Å². The number of rotatable bonds is 7. The number of amides is 3. The van der Waals surface area contributed by atoms with E-state index in [0.717, 1.165) is 10.6 Å². The van der Waals surface area contributed by atoms with Crippen molar-refractivity contribution in [3.8, 4) is 0 Å². The van der Waals surface area contributed by atoms with Crippen LogP contribution in [-0.2, 0) is 14.3 Å². The lowest BCUT2D eigenvalue weighted by Crippen LogP contribution is -2.32. The summed E-state index contributed by atoms with van der Waals surface area (Å²) in [5.41, 5.74) is 1.71. The topological polar surface area (TPSA) is 118 Å². The number of imide groups is 1. The first-order valence-electron chi connectivity index (χ1n) is 10.4.